The first-order valence-electron chi connectivity index (χ1n) is 13.4. The second kappa shape index (κ2) is 9.82. The summed E-state index contributed by atoms with van der Waals surface area (Å²) in [6, 6.07) is 16.6. The van der Waals surface area contributed by atoms with Gasteiger partial charge in [-0.15, -0.1) is 0 Å². The van der Waals surface area contributed by atoms with Crippen molar-refractivity contribution in [3.63, 3.8) is 0 Å². The summed E-state index contributed by atoms with van der Waals surface area (Å²) in [6.07, 6.45) is -5.28. The van der Waals surface area contributed by atoms with E-state index in [0.717, 1.165) is 0 Å². The SMILES string of the molecule is CC(=O)O[C@@H]1[C@H]2[C@@H](OC(=O)c3ccccc3)[C@@H](OC(=O)c3ccccc3)[C@]3(C)[C@@H](O)C(=O)C[C@@H](C)[C@@]13OC2(C)C. The van der Waals surface area contributed by atoms with E-state index in [0.29, 0.717) is 0 Å². The molecule has 2 saturated carbocycles. The molecule has 0 aromatic heterocycles. The predicted octanol–water partition coefficient (Wildman–Crippen LogP) is 3.52. The number of aliphatic hydroxyl groups is 1. The fraction of sp³-hybridized carbons (Fsp3) is 0.484. The zero-order valence-corrected chi connectivity index (χ0v) is 23.2. The maximum absolute atomic E-state index is 13.5. The molecule has 1 aliphatic heterocycles. The Morgan fingerprint density at radius 2 is 1.38 bits per heavy atom. The highest BCUT2D eigenvalue weighted by Gasteiger charge is 2.82. The summed E-state index contributed by atoms with van der Waals surface area (Å²) in [6.45, 7) is 8.21. The zero-order valence-electron chi connectivity index (χ0n) is 23.2. The van der Waals surface area contributed by atoms with Gasteiger partial charge in [0.1, 0.15) is 23.9 Å². The lowest BCUT2D eigenvalue weighted by Gasteiger charge is -2.61. The summed E-state index contributed by atoms with van der Waals surface area (Å²) in [5, 5.41) is 11.6. The van der Waals surface area contributed by atoms with E-state index in [9.17, 15) is 24.3 Å². The van der Waals surface area contributed by atoms with Crippen LogP contribution < -0.4 is 0 Å². The van der Waals surface area contributed by atoms with Gasteiger partial charge in [0.2, 0.25) is 0 Å². The molecule has 9 nitrogen and oxygen atoms in total. The minimum Gasteiger partial charge on any atom is -0.459 e. The van der Waals surface area contributed by atoms with Crippen molar-refractivity contribution < 1.29 is 43.2 Å². The van der Waals surface area contributed by atoms with E-state index in [1.165, 1.54) is 6.92 Å². The number of aliphatic hydroxyl groups excluding tert-OH is 1. The topological polar surface area (TPSA) is 125 Å². The maximum Gasteiger partial charge on any atom is 0.338 e. The Bertz CT molecular complexity index is 1320. The number of hydrogen-bond acceptors (Lipinski definition) is 9. The molecule has 212 valence electrons. The summed E-state index contributed by atoms with van der Waals surface area (Å²) in [4.78, 5) is 52.6. The van der Waals surface area contributed by atoms with Gasteiger partial charge in [0, 0.05) is 13.3 Å². The molecule has 0 radical (unpaired) electrons. The normalized spacial score (nSPS) is 35.8. The van der Waals surface area contributed by atoms with Gasteiger partial charge < -0.3 is 24.1 Å². The van der Waals surface area contributed by atoms with E-state index in [2.05, 4.69) is 0 Å². The summed E-state index contributed by atoms with van der Waals surface area (Å²) >= 11 is 0. The standard InChI is InChI=1S/C31H34O9/c1-17-16-21(33)24(34)30(5)26(39-28(36)20-14-10-7-11-15-20)23(38-27(35)19-12-8-6-9-13-19)22-25(37-18(2)32)31(17,30)40-29(22,3)4/h6-15,17,22-26,34H,16H2,1-5H3/t17-,22-,23-,24+,25-,26-,30+,31-/m1/s1. The Balaban J connectivity index is 1.71. The van der Waals surface area contributed by atoms with E-state index in [-0.39, 0.29) is 17.5 Å². The summed E-state index contributed by atoms with van der Waals surface area (Å²) in [7, 11) is 0. The highest BCUT2D eigenvalue weighted by molar-refractivity contribution is 5.91. The molecule has 1 saturated heterocycles. The lowest BCUT2D eigenvalue weighted by atomic mass is 9.48. The Hall–Kier alpha value is -3.56. The number of hydrogen-bond donors (Lipinski definition) is 1. The smallest absolute Gasteiger partial charge is 0.338 e. The minimum absolute atomic E-state index is 0.0366. The van der Waals surface area contributed by atoms with E-state index in [1.807, 2.05) is 0 Å². The second-order valence-electron chi connectivity index (χ2n) is 11.7. The highest BCUT2D eigenvalue weighted by Crippen LogP contribution is 2.67. The van der Waals surface area contributed by atoms with Crippen molar-refractivity contribution in [2.75, 3.05) is 0 Å². The number of esters is 3. The van der Waals surface area contributed by atoms with Crippen LogP contribution >= 0.6 is 0 Å². The van der Waals surface area contributed by atoms with Crippen LogP contribution in [0.15, 0.2) is 60.7 Å². The quantitative estimate of drug-likeness (QED) is 0.440. The van der Waals surface area contributed by atoms with Crippen molar-refractivity contribution in [1.29, 1.82) is 0 Å². The van der Waals surface area contributed by atoms with Gasteiger partial charge >= 0.3 is 17.9 Å². The number of carbonyl (C=O) groups excluding carboxylic acids is 4. The van der Waals surface area contributed by atoms with Crippen LogP contribution in [-0.4, -0.2) is 64.4 Å². The van der Waals surface area contributed by atoms with E-state index in [4.69, 9.17) is 18.9 Å². The van der Waals surface area contributed by atoms with E-state index >= 15 is 0 Å². The Morgan fingerprint density at radius 1 is 0.850 bits per heavy atom. The molecule has 8 atom stereocenters. The molecule has 9 heteroatoms. The third-order valence-electron chi connectivity index (χ3n) is 8.97. The van der Waals surface area contributed by atoms with Crippen LogP contribution in [0.3, 0.4) is 0 Å². The van der Waals surface area contributed by atoms with Crippen molar-refractivity contribution in [3.05, 3.63) is 71.8 Å². The van der Waals surface area contributed by atoms with Gasteiger partial charge in [-0.25, -0.2) is 9.59 Å². The van der Waals surface area contributed by atoms with E-state index < -0.39 is 76.6 Å². The molecule has 2 aliphatic carbocycles. The van der Waals surface area contributed by atoms with Crippen LogP contribution in [0, 0.1) is 17.3 Å². The molecule has 2 aromatic rings. The first-order chi connectivity index (χ1) is 18.8. The second-order valence-corrected chi connectivity index (χ2v) is 11.7. The third kappa shape index (κ3) is 4.06. The van der Waals surface area contributed by atoms with Gasteiger partial charge in [-0.1, -0.05) is 43.3 Å². The van der Waals surface area contributed by atoms with Gasteiger partial charge in [0.15, 0.2) is 11.9 Å². The number of Topliss-reactive ketones (excluding diaryl/α,β-unsaturated/α-hetero) is 1. The third-order valence-corrected chi connectivity index (χ3v) is 8.97. The van der Waals surface area contributed by atoms with Crippen LogP contribution in [0.1, 0.15) is 61.8 Å². The van der Waals surface area contributed by atoms with Crippen molar-refractivity contribution in [2.45, 2.75) is 76.7 Å². The summed E-state index contributed by atoms with van der Waals surface area (Å²) < 4.78 is 25.0. The van der Waals surface area contributed by atoms with Crippen LogP contribution in [0.5, 0.6) is 0 Å². The van der Waals surface area contributed by atoms with Crippen molar-refractivity contribution in [3.8, 4) is 0 Å². The maximum atomic E-state index is 13.5. The summed E-state index contributed by atoms with van der Waals surface area (Å²) in [5.74, 6) is -3.81. The molecule has 0 unspecified atom stereocenters. The molecule has 2 bridgehead atoms. The number of rotatable bonds is 5. The first kappa shape index (κ1) is 28.0. The molecule has 2 aromatic carbocycles. The number of fused-ring (bicyclic) bond motifs is 1. The molecule has 3 aliphatic rings. The molecular formula is C31H34O9. The fourth-order valence-corrected chi connectivity index (χ4v) is 7.30. The molecule has 1 N–H and O–H groups in total. The van der Waals surface area contributed by atoms with Crippen LogP contribution in [-0.2, 0) is 28.5 Å². The van der Waals surface area contributed by atoms with Crippen LogP contribution in [0.25, 0.3) is 0 Å². The lowest BCUT2D eigenvalue weighted by molar-refractivity contribution is -0.286. The molecule has 1 heterocycles. The van der Waals surface area contributed by atoms with Gasteiger partial charge in [-0.3, -0.25) is 9.59 Å². The van der Waals surface area contributed by atoms with Crippen molar-refractivity contribution >= 4 is 23.7 Å². The molecule has 0 amide bonds. The van der Waals surface area contributed by atoms with Gasteiger partial charge in [-0.05, 0) is 51.0 Å². The van der Waals surface area contributed by atoms with Crippen molar-refractivity contribution in [1.82, 2.24) is 0 Å². The zero-order chi connectivity index (χ0) is 29.0. The molecular weight excluding hydrogens is 516 g/mol. The average Bonchev–Trinajstić information content (AvgIpc) is 3.12. The van der Waals surface area contributed by atoms with Gasteiger partial charge in [0.25, 0.3) is 0 Å². The van der Waals surface area contributed by atoms with Gasteiger partial charge in [0.05, 0.1) is 28.1 Å². The molecule has 5 rings (SSSR count). The predicted molar refractivity (Wildman–Crippen MR) is 141 cm³/mol. The van der Waals surface area contributed by atoms with E-state index in [1.54, 1.807) is 88.4 Å². The Morgan fingerprint density at radius 3 is 1.90 bits per heavy atom. The Kier molecular flexibility index (Phi) is 6.87. The number of carbonyl (C=O) groups is 4. The largest absolute Gasteiger partial charge is 0.459 e. The monoisotopic (exact) mass is 550 g/mol. The Labute approximate surface area is 232 Å². The van der Waals surface area contributed by atoms with Crippen LogP contribution in [0.2, 0.25) is 0 Å². The van der Waals surface area contributed by atoms with Crippen molar-refractivity contribution in [2.24, 2.45) is 17.3 Å². The first-order valence-corrected chi connectivity index (χ1v) is 13.4. The molecule has 40 heavy (non-hydrogen) atoms. The molecule has 3 fully saturated rings. The van der Waals surface area contributed by atoms with Gasteiger partial charge in [-0.2, -0.15) is 0 Å². The highest BCUT2D eigenvalue weighted by atomic mass is 16.6. The summed E-state index contributed by atoms with van der Waals surface area (Å²) in [5.41, 5.74) is -3.67. The number of benzene rings is 2. The average molecular weight is 551 g/mol. The fourth-order valence-electron chi connectivity index (χ4n) is 7.30. The number of ether oxygens (including phenoxy) is 4. The minimum atomic E-state index is -1.66. The molecule has 1 spiro atoms. The number of ketones is 1. The lowest BCUT2D eigenvalue weighted by Crippen LogP contribution is -2.78. The van der Waals surface area contributed by atoms with Crippen LogP contribution in [0.4, 0.5) is 0 Å².